The van der Waals surface area contributed by atoms with E-state index in [4.69, 9.17) is 0 Å². The molecule has 104 valence electrons. The molecule has 0 atom stereocenters. The second-order valence-electron chi connectivity index (χ2n) is 4.93. The quantitative estimate of drug-likeness (QED) is 0.826. The maximum Gasteiger partial charge on any atom is 0.329 e. The minimum absolute atomic E-state index is 0.0701. The summed E-state index contributed by atoms with van der Waals surface area (Å²) in [4.78, 5) is 31.3. The van der Waals surface area contributed by atoms with Crippen LogP contribution in [0.2, 0.25) is 0 Å². The van der Waals surface area contributed by atoms with Crippen molar-refractivity contribution in [2.75, 3.05) is 0 Å². The van der Waals surface area contributed by atoms with Crippen molar-refractivity contribution in [1.82, 2.24) is 24.9 Å². The molecule has 0 aromatic carbocycles. The molecule has 1 saturated carbocycles. The minimum atomic E-state index is -1.17. The van der Waals surface area contributed by atoms with Crippen LogP contribution in [0.5, 0.6) is 0 Å². The second-order valence-corrected chi connectivity index (χ2v) is 4.93. The zero-order chi connectivity index (χ0) is 14.3. The Kier molecular flexibility index (Phi) is 2.66. The van der Waals surface area contributed by atoms with Gasteiger partial charge in [-0.1, -0.05) is 0 Å². The van der Waals surface area contributed by atoms with Crippen LogP contribution in [-0.4, -0.2) is 42.1 Å². The normalized spacial score (nSPS) is 16.6. The van der Waals surface area contributed by atoms with Crippen LogP contribution in [0, 0.1) is 6.92 Å². The van der Waals surface area contributed by atoms with Crippen molar-refractivity contribution in [1.29, 1.82) is 0 Å². The summed E-state index contributed by atoms with van der Waals surface area (Å²) in [7, 11) is 0. The number of aryl methyl sites for hydroxylation is 1. The molecule has 2 aromatic heterocycles. The van der Waals surface area contributed by atoms with E-state index in [0.717, 1.165) is 12.1 Å². The zero-order valence-electron chi connectivity index (χ0n) is 10.8. The molecule has 3 rings (SSSR count). The Balaban J connectivity index is 1.89. The summed E-state index contributed by atoms with van der Waals surface area (Å²) in [6, 6.07) is 1.74. The van der Waals surface area contributed by atoms with Gasteiger partial charge >= 0.3 is 5.97 Å². The maximum absolute atomic E-state index is 12.1. The summed E-state index contributed by atoms with van der Waals surface area (Å²) in [5.41, 5.74) is -0.380. The fraction of sp³-hybridized carbons (Fsp3) is 0.417. The van der Waals surface area contributed by atoms with E-state index >= 15 is 0 Å². The molecule has 1 aliphatic rings. The summed E-state index contributed by atoms with van der Waals surface area (Å²) in [6.45, 7) is 1.82. The number of hydrogen-bond donors (Lipinski definition) is 2. The molecule has 0 radical (unpaired) electrons. The van der Waals surface area contributed by atoms with Crippen LogP contribution in [0.1, 0.15) is 35.6 Å². The van der Waals surface area contributed by atoms with E-state index in [-0.39, 0.29) is 5.82 Å². The fourth-order valence-corrected chi connectivity index (χ4v) is 2.20. The highest BCUT2D eigenvalue weighted by atomic mass is 16.4. The summed E-state index contributed by atoms with van der Waals surface area (Å²) in [5, 5.41) is 15.8. The SMILES string of the molecule is Cc1ccnc2nc(C(=O)NC3(C(=O)O)CCC3)nn12. The molecule has 1 amide bonds. The molecule has 0 aliphatic heterocycles. The number of nitrogens with zero attached hydrogens (tertiary/aromatic N) is 4. The van der Waals surface area contributed by atoms with E-state index in [1.54, 1.807) is 12.3 Å². The molecule has 1 fully saturated rings. The number of aromatic nitrogens is 4. The molecule has 8 nitrogen and oxygen atoms in total. The van der Waals surface area contributed by atoms with Crippen LogP contribution in [0.4, 0.5) is 0 Å². The molecule has 20 heavy (non-hydrogen) atoms. The van der Waals surface area contributed by atoms with E-state index in [1.807, 2.05) is 6.92 Å². The Morgan fingerprint density at radius 2 is 2.20 bits per heavy atom. The van der Waals surface area contributed by atoms with Gasteiger partial charge in [-0.15, -0.1) is 5.10 Å². The minimum Gasteiger partial charge on any atom is -0.480 e. The third kappa shape index (κ3) is 1.80. The number of amides is 1. The van der Waals surface area contributed by atoms with Gasteiger partial charge in [-0.3, -0.25) is 4.79 Å². The smallest absolute Gasteiger partial charge is 0.329 e. The van der Waals surface area contributed by atoms with E-state index in [9.17, 15) is 14.7 Å². The van der Waals surface area contributed by atoms with Crippen LogP contribution in [0.15, 0.2) is 12.3 Å². The first-order chi connectivity index (χ1) is 9.52. The van der Waals surface area contributed by atoms with Gasteiger partial charge in [-0.2, -0.15) is 4.98 Å². The highest BCUT2D eigenvalue weighted by Crippen LogP contribution is 2.32. The molecule has 0 spiro atoms. The van der Waals surface area contributed by atoms with Gasteiger partial charge in [0.1, 0.15) is 5.54 Å². The number of rotatable bonds is 3. The van der Waals surface area contributed by atoms with E-state index in [0.29, 0.717) is 18.6 Å². The number of carboxylic acids is 1. The Labute approximate surface area is 113 Å². The molecule has 1 aliphatic carbocycles. The maximum atomic E-state index is 12.1. The van der Waals surface area contributed by atoms with Crippen LogP contribution in [0.25, 0.3) is 5.78 Å². The zero-order valence-corrected chi connectivity index (χ0v) is 10.8. The van der Waals surface area contributed by atoms with Crippen molar-refractivity contribution >= 4 is 17.7 Å². The average molecular weight is 275 g/mol. The summed E-state index contributed by atoms with van der Waals surface area (Å²) >= 11 is 0. The first-order valence-electron chi connectivity index (χ1n) is 6.26. The molecular weight excluding hydrogens is 262 g/mol. The molecule has 0 unspecified atom stereocenters. The topological polar surface area (TPSA) is 109 Å². The molecule has 2 heterocycles. The van der Waals surface area contributed by atoms with Crippen LogP contribution < -0.4 is 5.32 Å². The van der Waals surface area contributed by atoms with Gasteiger partial charge in [0.05, 0.1) is 0 Å². The van der Waals surface area contributed by atoms with Crippen molar-refractivity contribution in [2.24, 2.45) is 0 Å². The molecule has 2 aromatic rings. The molecule has 0 bridgehead atoms. The monoisotopic (exact) mass is 275 g/mol. The first-order valence-corrected chi connectivity index (χ1v) is 6.26. The van der Waals surface area contributed by atoms with Gasteiger partial charge in [0.15, 0.2) is 0 Å². The first kappa shape index (κ1) is 12.5. The third-order valence-electron chi connectivity index (χ3n) is 3.60. The van der Waals surface area contributed by atoms with Crippen LogP contribution in [0.3, 0.4) is 0 Å². The molecular formula is C12H13N5O3. The lowest BCUT2D eigenvalue weighted by molar-refractivity contribution is -0.148. The Bertz CT molecular complexity index is 704. The Hall–Kier alpha value is -2.51. The number of carboxylic acid groups (broad SMARTS) is 1. The van der Waals surface area contributed by atoms with Gasteiger partial charge in [-0.05, 0) is 32.3 Å². The summed E-state index contributed by atoms with van der Waals surface area (Å²) < 4.78 is 1.45. The van der Waals surface area contributed by atoms with Crippen molar-refractivity contribution < 1.29 is 14.7 Å². The Morgan fingerprint density at radius 3 is 2.75 bits per heavy atom. The standard InChI is InChI=1S/C12H13N5O3/c1-7-3-6-13-11-14-8(16-17(7)11)9(18)15-12(10(19)20)4-2-5-12/h3,6H,2,4-5H2,1H3,(H,15,18)(H,19,20). The number of carbonyl (C=O) groups is 2. The molecule has 2 N–H and O–H groups in total. The lowest BCUT2D eigenvalue weighted by atomic mass is 9.77. The number of hydrogen-bond acceptors (Lipinski definition) is 5. The average Bonchev–Trinajstić information content (AvgIpc) is 2.78. The largest absolute Gasteiger partial charge is 0.480 e. The summed E-state index contributed by atoms with van der Waals surface area (Å²) in [5.74, 6) is -1.36. The molecule has 8 heteroatoms. The number of aliphatic carboxylic acids is 1. The van der Waals surface area contributed by atoms with E-state index in [2.05, 4.69) is 20.4 Å². The number of fused-ring (bicyclic) bond motifs is 1. The van der Waals surface area contributed by atoms with Gasteiger partial charge in [0, 0.05) is 11.9 Å². The van der Waals surface area contributed by atoms with Crippen molar-refractivity contribution in [3.8, 4) is 0 Å². The summed E-state index contributed by atoms with van der Waals surface area (Å²) in [6.07, 6.45) is 3.22. The third-order valence-corrected chi connectivity index (χ3v) is 3.60. The Morgan fingerprint density at radius 1 is 1.45 bits per heavy atom. The molecule has 0 saturated heterocycles. The second kappa shape index (κ2) is 4.26. The van der Waals surface area contributed by atoms with Gasteiger partial charge in [-0.25, -0.2) is 14.3 Å². The highest BCUT2D eigenvalue weighted by molar-refractivity contribution is 5.95. The lowest BCUT2D eigenvalue weighted by Crippen LogP contribution is -2.59. The highest BCUT2D eigenvalue weighted by Gasteiger charge is 2.46. The predicted molar refractivity (Wildman–Crippen MR) is 67.2 cm³/mol. The van der Waals surface area contributed by atoms with E-state index < -0.39 is 17.4 Å². The number of carbonyl (C=O) groups excluding carboxylic acids is 1. The van der Waals surface area contributed by atoms with Crippen molar-refractivity contribution in [2.45, 2.75) is 31.7 Å². The van der Waals surface area contributed by atoms with Crippen LogP contribution in [-0.2, 0) is 4.79 Å². The number of nitrogens with one attached hydrogen (secondary N) is 1. The van der Waals surface area contributed by atoms with Gasteiger partial charge in [0.25, 0.3) is 11.7 Å². The van der Waals surface area contributed by atoms with Gasteiger partial charge in [0.2, 0.25) is 5.82 Å². The van der Waals surface area contributed by atoms with Crippen molar-refractivity contribution in [3.63, 3.8) is 0 Å². The van der Waals surface area contributed by atoms with Crippen LogP contribution >= 0.6 is 0 Å². The van der Waals surface area contributed by atoms with E-state index in [1.165, 1.54) is 4.52 Å². The van der Waals surface area contributed by atoms with Crippen molar-refractivity contribution in [3.05, 3.63) is 23.8 Å². The lowest BCUT2D eigenvalue weighted by Gasteiger charge is -2.37. The fourth-order valence-electron chi connectivity index (χ4n) is 2.20. The van der Waals surface area contributed by atoms with Gasteiger partial charge < -0.3 is 10.4 Å². The predicted octanol–water partition coefficient (Wildman–Crippen LogP) is 0.170.